The molecule has 14 heavy (non-hydrogen) atoms. The Bertz CT molecular complexity index is 179. The highest BCUT2D eigenvalue weighted by molar-refractivity contribution is 5.85. The second kappa shape index (κ2) is 7.29. The van der Waals surface area contributed by atoms with E-state index in [0.29, 0.717) is 6.04 Å². The summed E-state index contributed by atoms with van der Waals surface area (Å²) in [5.41, 5.74) is 0. The molecule has 86 valence electrons. The minimum Gasteiger partial charge on any atom is -0.468 e. The van der Waals surface area contributed by atoms with Gasteiger partial charge in [0.1, 0.15) is 6.04 Å². The summed E-state index contributed by atoms with van der Waals surface area (Å²) in [4.78, 5) is 13.2. The Labute approximate surface area is 97.2 Å². The standard InChI is InChI=1S/C8H16N2O2.2ClH/c1-10(2)6-4-7(9-5-6)8(11)12-3;;/h6-7,9H,4-5H2,1-3H3;2*1H/t6-,7-;;/m0../s1. The number of hydrogen-bond donors (Lipinski definition) is 1. The molecule has 0 aromatic rings. The predicted octanol–water partition coefficient (Wildman–Crippen LogP) is 0.295. The van der Waals surface area contributed by atoms with E-state index < -0.39 is 0 Å². The number of hydrogen-bond acceptors (Lipinski definition) is 4. The van der Waals surface area contributed by atoms with Gasteiger partial charge in [-0.1, -0.05) is 0 Å². The van der Waals surface area contributed by atoms with Crippen LogP contribution in [0.3, 0.4) is 0 Å². The minimum atomic E-state index is -0.153. The molecule has 1 aliphatic rings. The van der Waals surface area contributed by atoms with Crippen LogP contribution >= 0.6 is 24.8 Å². The van der Waals surface area contributed by atoms with E-state index in [2.05, 4.69) is 15.0 Å². The Morgan fingerprint density at radius 1 is 1.43 bits per heavy atom. The number of carbonyl (C=O) groups excluding carboxylic acids is 1. The van der Waals surface area contributed by atoms with Gasteiger partial charge >= 0.3 is 5.97 Å². The molecule has 0 aromatic heterocycles. The Hall–Kier alpha value is -0.0300. The lowest BCUT2D eigenvalue weighted by molar-refractivity contribution is -0.142. The lowest BCUT2D eigenvalue weighted by Gasteiger charge is -2.17. The maximum atomic E-state index is 11.1. The van der Waals surface area contributed by atoms with E-state index in [0.717, 1.165) is 13.0 Å². The number of methoxy groups -OCH3 is 1. The monoisotopic (exact) mass is 244 g/mol. The number of ether oxygens (including phenoxy) is 1. The van der Waals surface area contributed by atoms with E-state index in [1.54, 1.807) is 0 Å². The highest BCUT2D eigenvalue weighted by Crippen LogP contribution is 2.11. The number of esters is 1. The molecule has 0 spiro atoms. The number of rotatable bonds is 2. The number of likely N-dealkylation sites (N-methyl/N-ethyl adjacent to an activating group) is 1. The van der Waals surface area contributed by atoms with E-state index in [1.165, 1.54) is 7.11 Å². The zero-order chi connectivity index (χ0) is 9.14. The molecular weight excluding hydrogens is 227 g/mol. The number of nitrogens with zero attached hydrogens (tertiary/aromatic N) is 1. The molecular formula is C8H18Cl2N2O2. The van der Waals surface area contributed by atoms with Gasteiger partial charge in [-0.15, -0.1) is 24.8 Å². The summed E-state index contributed by atoms with van der Waals surface area (Å²) < 4.78 is 4.64. The predicted molar refractivity (Wildman–Crippen MR) is 60.4 cm³/mol. The van der Waals surface area contributed by atoms with Crippen molar-refractivity contribution in [1.82, 2.24) is 10.2 Å². The third kappa shape index (κ3) is 4.00. The molecule has 0 radical (unpaired) electrons. The quantitative estimate of drug-likeness (QED) is 0.710. The molecule has 1 rings (SSSR count). The fraction of sp³-hybridized carbons (Fsp3) is 0.875. The molecule has 1 aliphatic heterocycles. The minimum absolute atomic E-state index is 0. The van der Waals surface area contributed by atoms with E-state index in [-0.39, 0.29) is 36.8 Å². The molecule has 0 bridgehead atoms. The zero-order valence-electron chi connectivity index (χ0n) is 8.65. The van der Waals surface area contributed by atoms with Crippen molar-refractivity contribution in [3.8, 4) is 0 Å². The average molecular weight is 245 g/mol. The molecule has 0 aliphatic carbocycles. The van der Waals surface area contributed by atoms with Gasteiger partial charge in [0.2, 0.25) is 0 Å². The number of halogens is 2. The van der Waals surface area contributed by atoms with Crippen molar-refractivity contribution in [3.63, 3.8) is 0 Å². The fourth-order valence-corrected chi connectivity index (χ4v) is 1.43. The maximum Gasteiger partial charge on any atom is 0.322 e. The summed E-state index contributed by atoms with van der Waals surface area (Å²) in [6, 6.07) is 0.344. The SMILES string of the molecule is COC(=O)[C@@H]1C[C@H](N(C)C)CN1.Cl.Cl. The molecule has 1 heterocycles. The molecule has 0 saturated carbocycles. The molecule has 1 fully saturated rings. The van der Waals surface area contributed by atoms with Gasteiger partial charge in [-0.25, -0.2) is 0 Å². The van der Waals surface area contributed by atoms with Gasteiger partial charge in [0.25, 0.3) is 0 Å². The average Bonchev–Trinajstić information content (AvgIpc) is 2.51. The maximum absolute atomic E-state index is 11.1. The first-order chi connectivity index (χ1) is 5.65. The summed E-state index contributed by atoms with van der Waals surface area (Å²) in [7, 11) is 5.46. The van der Waals surface area contributed by atoms with E-state index >= 15 is 0 Å². The molecule has 2 atom stereocenters. The molecule has 0 aromatic carbocycles. The van der Waals surface area contributed by atoms with Gasteiger partial charge in [0, 0.05) is 12.6 Å². The smallest absolute Gasteiger partial charge is 0.322 e. The van der Waals surface area contributed by atoms with Gasteiger partial charge < -0.3 is 15.0 Å². The van der Waals surface area contributed by atoms with E-state index in [1.807, 2.05) is 14.1 Å². The Balaban J connectivity index is 0. The number of carbonyl (C=O) groups is 1. The molecule has 4 nitrogen and oxygen atoms in total. The summed E-state index contributed by atoms with van der Waals surface area (Å²) in [5.74, 6) is -0.153. The normalized spacial score (nSPS) is 25.1. The van der Waals surface area contributed by atoms with Gasteiger partial charge in [-0.2, -0.15) is 0 Å². The van der Waals surface area contributed by atoms with Crippen molar-refractivity contribution < 1.29 is 9.53 Å². The van der Waals surface area contributed by atoms with Crippen LogP contribution in [0.5, 0.6) is 0 Å². The van der Waals surface area contributed by atoms with Gasteiger partial charge in [-0.05, 0) is 20.5 Å². The van der Waals surface area contributed by atoms with Crippen LogP contribution in [0.2, 0.25) is 0 Å². The third-order valence-electron chi connectivity index (χ3n) is 2.32. The topological polar surface area (TPSA) is 41.6 Å². The van der Waals surface area contributed by atoms with Crippen LogP contribution in [-0.2, 0) is 9.53 Å². The van der Waals surface area contributed by atoms with Crippen LogP contribution < -0.4 is 5.32 Å². The lowest BCUT2D eigenvalue weighted by Crippen LogP contribution is -2.31. The number of nitrogens with one attached hydrogen (secondary N) is 1. The van der Waals surface area contributed by atoms with Crippen LogP contribution in [0.4, 0.5) is 0 Å². The highest BCUT2D eigenvalue weighted by atomic mass is 35.5. The summed E-state index contributed by atoms with van der Waals surface area (Å²) in [5, 5.41) is 3.12. The lowest BCUT2D eigenvalue weighted by atomic mass is 10.1. The third-order valence-corrected chi connectivity index (χ3v) is 2.32. The van der Waals surface area contributed by atoms with Gasteiger partial charge in [-0.3, -0.25) is 4.79 Å². The Kier molecular flexibility index (Phi) is 8.54. The second-order valence-electron chi connectivity index (χ2n) is 3.34. The molecule has 0 unspecified atom stereocenters. The van der Waals surface area contributed by atoms with Crippen LogP contribution in [0.1, 0.15) is 6.42 Å². The highest BCUT2D eigenvalue weighted by Gasteiger charge is 2.30. The van der Waals surface area contributed by atoms with Crippen LogP contribution in [0.25, 0.3) is 0 Å². The second-order valence-corrected chi connectivity index (χ2v) is 3.34. The first-order valence-electron chi connectivity index (χ1n) is 4.12. The van der Waals surface area contributed by atoms with Gasteiger partial charge in [0.15, 0.2) is 0 Å². The molecule has 1 saturated heterocycles. The summed E-state index contributed by atoms with van der Waals surface area (Å²) >= 11 is 0. The van der Waals surface area contributed by atoms with E-state index in [9.17, 15) is 4.79 Å². The first kappa shape index (κ1) is 16.4. The Morgan fingerprint density at radius 3 is 2.36 bits per heavy atom. The molecule has 6 heteroatoms. The molecule has 1 N–H and O–H groups in total. The van der Waals surface area contributed by atoms with Crippen molar-refractivity contribution in [1.29, 1.82) is 0 Å². The van der Waals surface area contributed by atoms with Crippen molar-refractivity contribution in [2.45, 2.75) is 18.5 Å². The van der Waals surface area contributed by atoms with Crippen LogP contribution in [0.15, 0.2) is 0 Å². The van der Waals surface area contributed by atoms with Gasteiger partial charge in [0.05, 0.1) is 7.11 Å². The zero-order valence-corrected chi connectivity index (χ0v) is 10.3. The fourth-order valence-electron chi connectivity index (χ4n) is 1.43. The van der Waals surface area contributed by atoms with Crippen molar-refractivity contribution in [3.05, 3.63) is 0 Å². The first-order valence-corrected chi connectivity index (χ1v) is 4.12. The van der Waals surface area contributed by atoms with Crippen molar-refractivity contribution in [2.24, 2.45) is 0 Å². The van der Waals surface area contributed by atoms with Crippen molar-refractivity contribution >= 4 is 30.8 Å². The van der Waals surface area contributed by atoms with Crippen molar-refractivity contribution in [2.75, 3.05) is 27.7 Å². The Morgan fingerprint density at radius 2 is 2.00 bits per heavy atom. The van der Waals surface area contributed by atoms with E-state index in [4.69, 9.17) is 0 Å². The molecule has 0 amide bonds. The summed E-state index contributed by atoms with van der Waals surface area (Å²) in [6.07, 6.45) is 0.847. The summed E-state index contributed by atoms with van der Waals surface area (Å²) in [6.45, 7) is 0.868. The van der Waals surface area contributed by atoms with Crippen LogP contribution in [0, 0.1) is 0 Å². The van der Waals surface area contributed by atoms with Crippen LogP contribution in [-0.4, -0.2) is 50.7 Å². The largest absolute Gasteiger partial charge is 0.468 e.